The van der Waals surface area contributed by atoms with Crippen LogP contribution in [-0.4, -0.2) is 24.5 Å². The fourth-order valence-corrected chi connectivity index (χ4v) is 3.06. The quantitative estimate of drug-likeness (QED) is 0.370. The van der Waals surface area contributed by atoms with Crippen molar-refractivity contribution in [3.63, 3.8) is 0 Å². The topological polar surface area (TPSA) is 79.5 Å². The fourth-order valence-electron chi connectivity index (χ4n) is 3.06. The molecule has 1 aliphatic rings. The summed E-state index contributed by atoms with van der Waals surface area (Å²) >= 11 is 0. The van der Waals surface area contributed by atoms with Crippen molar-refractivity contribution in [2.75, 3.05) is 11.9 Å². The molecule has 0 bridgehead atoms. The minimum absolute atomic E-state index is 0. The van der Waals surface area contributed by atoms with Crippen molar-refractivity contribution in [2.45, 2.75) is 58.4 Å². The first-order chi connectivity index (χ1) is 11.0. The Morgan fingerprint density at radius 2 is 1.79 bits per heavy atom. The van der Waals surface area contributed by atoms with Gasteiger partial charge in [0.1, 0.15) is 0 Å². The van der Waals surface area contributed by atoms with Gasteiger partial charge in [-0.2, -0.15) is 0 Å². The van der Waals surface area contributed by atoms with E-state index in [1.807, 2.05) is 26.0 Å². The summed E-state index contributed by atoms with van der Waals surface area (Å²) in [4.78, 5) is 16.1. The van der Waals surface area contributed by atoms with Crippen molar-refractivity contribution in [1.82, 2.24) is 5.32 Å². The van der Waals surface area contributed by atoms with Crippen LogP contribution in [0.2, 0.25) is 0 Å². The van der Waals surface area contributed by atoms with Crippen molar-refractivity contribution >= 4 is 41.5 Å². The molecule has 0 aromatic heterocycles. The molecule has 1 fully saturated rings. The average Bonchev–Trinajstić information content (AvgIpc) is 2.47. The lowest BCUT2D eigenvalue weighted by Gasteiger charge is -2.22. The van der Waals surface area contributed by atoms with Crippen LogP contribution < -0.4 is 16.4 Å². The lowest BCUT2D eigenvalue weighted by molar-refractivity contribution is -0.121. The van der Waals surface area contributed by atoms with Crippen molar-refractivity contribution in [3.8, 4) is 0 Å². The average molecular weight is 444 g/mol. The molecule has 1 amide bonds. The van der Waals surface area contributed by atoms with E-state index in [0.717, 1.165) is 18.5 Å². The Bertz CT molecular complexity index is 548. The predicted molar refractivity (Wildman–Crippen MR) is 111 cm³/mol. The number of amides is 1. The van der Waals surface area contributed by atoms with Gasteiger partial charge < -0.3 is 16.4 Å². The molecular formula is C18H29IN4O. The third kappa shape index (κ3) is 7.51. The highest BCUT2D eigenvalue weighted by molar-refractivity contribution is 14.0. The number of benzene rings is 1. The largest absolute Gasteiger partial charge is 0.370 e. The zero-order valence-electron chi connectivity index (χ0n) is 14.6. The lowest BCUT2D eigenvalue weighted by atomic mass is 9.95. The van der Waals surface area contributed by atoms with Gasteiger partial charge in [0, 0.05) is 18.2 Å². The molecule has 0 unspecified atom stereocenters. The molecule has 24 heavy (non-hydrogen) atoms. The first kappa shape index (κ1) is 20.7. The molecule has 0 radical (unpaired) electrons. The van der Waals surface area contributed by atoms with E-state index in [-0.39, 0.29) is 29.9 Å². The summed E-state index contributed by atoms with van der Waals surface area (Å²) in [5.41, 5.74) is 9.16. The SMILES string of the molecule is Cc1cc(C)cc(NC(N)=NCCC(=O)NC2CCCCC2)c1.I. The van der Waals surface area contributed by atoms with Crippen LogP contribution in [0.1, 0.15) is 49.7 Å². The van der Waals surface area contributed by atoms with Crippen molar-refractivity contribution in [1.29, 1.82) is 0 Å². The second-order valence-electron chi connectivity index (χ2n) is 6.42. The minimum Gasteiger partial charge on any atom is -0.370 e. The fraction of sp³-hybridized carbons (Fsp3) is 0.556. The van der Waals surface area contributed by atoms with E-state index in [0.29, 0.717) is 25.0 Å². The molecule has 0 saturated heterocycles. The smallest absolute Gasteiger partial charge is 0.222 e. The normalized spacial score (nSPS) is 15.5. The van der Waals surface area contributed by atoms with E-state index in [1.54, 1.807) is 0 Å². The summed E-state index contributed by atoms with van der Waals surface area (Å²) in [6, 6.07) is 6.50. The van der Waals surface area contributed by atoms with Crippen LogP contribution in [0.25, 0.3) is 0 Å². The molecular weight excluding hydrogens is 415 g/mol. The highest BCUT2D eigenvalue weighted by atomic mass is 127. The maximum atomic E-state index is 11.9. The third-order valence-corrected chi connectivity index (χ3v) is 4.09. The van der Waals surface area contributed by atoms with Gasteiger partial charge in [0.25, 0.3) is 0 Å². The van der Waals surface area contributed by atoms with Gasteiger partial charge in [0.05, 0.1) is 6.54 Å². The molecule has 1 aliphatic carbocycles. The zero-order chi connectivity index (χ0) is 16.7. The van der Waals surface area contributed by atoms with Crippen LogP contribution in [0, 0.1) is 13.8 Å². The van der Waals surface area contributed by atoms with E-state index in [1.165, 1.54) is 30.4 Å². The van der Waals surface area contributed by atoms with Gasteiger partial charge in [-0.15, -0.1) is 24.0 Å². The highest BCUT2D eigenvalue weighted by Crippen LogP contribution is 2.17. The first-order valence-electron chi connectivity index (χ1n) is 8.47. The van der Waals surface area contributed by atoms with E-state index in [4.69, 9.17) is 5.73 Å². The Morgan fingerprint density at radius 3 is 2.42 bits per heavy atom. The molecule has 2 rings (SSSR count). The summed E-state index contributed by atoms with van der Waals surface area (Å²) in [5.74, 6) is 0.417. The number of aryl methyl sites for hydroxylation is 2. The Hall–Kier alpha value is -1.31. The summed E-state index contributed by atoms with van der Waals surface area (Å²) in [6.45, 7) is 4.49. The van der Waals surface area contributed by atoms with Crippen LogP contribution in [-0.2, 0) is 4.79 Å². The van der Waals surface area contributed by atoms with Crippen molar-refractivity contribution in [2.24, 2.45) is 10.7 Å². The Balaban J connectivity index is 0.00000288. The molecule has 6 heteroatoms. The van der Waals surface area contributed by atoms with Crippen LogP contribution in [0.3, 0.4) is 0 Å². The molecule has 1 aromatic rings. The lowest BCUT2D eigenvalue weighted by Crippen LogP contribution is -2.36. The van der Waals surface area contributed by atoms with Crippen molar-refractivity contribution in [3.05, 3.63) is 29.3 Å². The Kier molecular flexibility index (Phi) is 9.10. The number of guanidine groups is 1. The van der Waals surface area contributed by atoms with E-state index < -0.39 is 0 Å². The number of rotatable bonds is 5. The molecule has 134 valence electrons. The van der Waals surface area contributed by atoms with Crippen molar-refractivity contribution < 1.29 is 4.79 Å². The monoisotopic (exact) mass is 444 g/mol. The van der Waals surface area contributed by atoms with Gasteiger partial charge in [0.2, 0.25) is 5.91 Å². The number of hydrogen-bond acceptors (Lipinski definition) is 2. The summed E-state index contributed by atoms with van der Waals surface area (Å²) in [7, 11) is 0. The molecule has 1 saturated carbocycles. The molecule has 5 nitrogen and oxygen atoms in total. The van der Waals surface area contributed by atoms with E-state index >= 15 is 0 Å². The van der Waals surface area contributed by atoms with Gasteiger partial charge in [0.15, 0.2) is 5.96 Å². The van der Waals surface area contributed by atoms with Crippen LogP contribution >= 0.6 is 24.0 Å². The van der Waals surface area contributed by atoms with E-state index in [2.05, 4.69) is 21.7 Å². The number of carbonyl (C=O) groups is 1. The maximum Gasteiger partial charge on any atom is 0.222 e. The molecule has 0 aliphatic heterocycles. The van der Waals surface area contributed by atoms with Gasteiger partial charge in [-0.1, -0.05) is 25.3 Å². The number of carbonyl (C=O) groups excluding carboxylic acids is 1. The molecule has 0 spiro atoms. The molecule has 1 aromatic carbocycles. The van der Waals surface area contributed by atoms with Crippen LogP contribution in [0.5, 0.6) is 0 Å². The predicted octanol–water partition coefficient (Wildman–Crippen LogP) is 3.49. The second-order valence-corrected chi connectivity index (χ2v) is 6.42. The number of halogens is 1. The number of aliphatic imine (C=N–C) groups is 1. The Morgan fingerprint density at radius 1 is 1.17 bits per heavy atom. The van der Waals surface area contributed by atoms with Gasteiger partial charge in [-0.25, -0.2) is 0 Å². The van der Waals surface area contributed by atoms with Gasteiger partial charge in [-0.3, -0.25) is 9.79 Å². The summed E-state index contributed by atoms with van der Waals surface area (Å²) < 4.78 is 0. The molecule has 0 heterocycles. The number of anilines is 1. The molecule has 0 atom stereocenters. The van der Waals surface area contributed by atoms with Crippen LogP contribution in [0.4, 0.5) is 5.69 Å². The number of nitrogens with two attached hydrogens (primary N) is 1. The first-order valence-corrected chi connectivity index (χ1v) is 8.47. The summed E-state index contributed by atoms with van der Waals surface area (Å²) in [5, 5.41) is 6.16. The Labute approximate surface area is 161 Å². The third-order valence-electron chi connectivity index (χ3n) is 4.09. The standard InChI is InChI=1S/C18H28N4O.HI/c1-13-10-14(2)12-16(11-13)22-18(19)20-9-8-17(23)21-15-6-4-3-5-7-15;/h10-12,15H,3-9H2,1-2H3,(H,21,23)(H3,19,20,22);1H. The second kappa shape index (κ2) is 10.5. The maximum absolute atomic E-state index is 11.9. The minimum atomic E-state index is 0. The van der Waals surface area contributed by atoms with Gasteiger partial charge in [-0.05, 0) is 49.9 Å². The number of nitrogens with zero attached hydrogens (tertiary/aromatic N) is 1. The number of hydrogen-bond donors (Lipinski definition) is 3. The zero-order valence-corrected chi connectivity index (χ0v) is 16.9. The summed E-state index contributed by atoms with van der Waals surface area (Å²) in [6.07, 6.45) is 6.31. The van der Waals surface area contributed by atoms with E-state index in [9.17, 15) is 4.79 Å². The highest BCUT2D eigenvalue weighted by Gasteiger charge is 2.15. The molecule has 4 N–H and O–H groups in total. The number of nitrogens with one attached hydrogen (secondary N) is 2. The van der Waals surface area contributed by atoms with Crippen LogP contribution in [0.15, 0.2) is 23.2 Å². The van der Waals surface area contributed by atoms with Gasteiger partial charge >= 0.3 is 0 Å².